The number of anilines is 1. The van der Waals surface area contributed by atoms with Crippen LogP contribution in [0.1, 0.15) is 19.7 Å². The van der Waals surface area contributed by atoms with Crippen LogP contribution in [0, 0.1) is 0 Å². The summed E-state index contributed by atoms with van der Waals surface area (Å²) < 4.78 is 0. The van der Waals surface area contributed by atoms with E-state index in [4.69, 9.17) is 33.8 Å². The first-order valence-electron chi connectivity index (χ1n) is 8.92. The SMILES string of the molecule is CC1CN(C(=S)c2nc(NC3(C)C=CNN3)c3cc(Cl)ccc3n2)CCN1.Cl. The Balaban J connectivity index is 0.00000225. The van der Waals surface area contributed by atoms with Gasteiger partial charge in [0.2, 0.25) is 0 Å². The van der Waals surface area contributed by atoms with Crippen molar-refractivity contribution in [3.05, 3.63) is 41.3 Å². The molecule has 28 heavy (non-hydrogen) atoms. The van der Waals surface area contributed by atoms with Gasteiger partial charge in [0.1, 0.15) is 16.5 Å². The molecular weight excluding hydrogens is 417 g/mol. The largest absolute Gasteiger partial charge is 0.357 e. The molecule has 7 nitrogen and oxygen atoms in total. The zero-order chi connectivity index (χ0) is 19.0. The molecule has 1 fully saturated rings. The second-order valence-corrected chi connectivity index (χ2v) is 7.92. The Morgan fingerprint density at radius 3 is 2.93 bits per heavy atom. The minimum atomic E-state index is -0.480. The Morgan fingerprint density at radius 1 is 1.39 bits per heavy atom. The number of fused-ring (bicyclic) bond motifs is 1. The quantitative estimate of drug-likeness (QED) is 0.543. The Morgan fingerprint density at radius 2 is 2.21 bits per heavy atom. The van der Waals surface area contributed by atoms with Crippen LogP contribution < -0.4 is 21.5 Å². The van der Waals surface area contributed by atoms with E-state index in [0.29, 0.717) is 27.7 Å². The van der Waals surface area contributed by atoms with Gasteiger partial charge in [-0.1, -0.05) is 23.8 Å². The van der Waals surface area contributed by atoms with Crippen molar-refractivity contribution in [3.63, 3.8) is 0 Å². The van der Waals surface area contributed by atoms with E-state index in [-0.39, 0.29) is 12.4 Å². The average molecular weight is 440 g/mol. The average Bonchev–Trinajstić information content (AvgIpc) is 3.07. The molecule has 0 amide bonds. The van der Waals surface area contributed by atoms with E-state index >= 15 is 0 Å². The van der Waals surface area contributed by atoms with Gasteiger partial charge >= 0.3 is 0 Å². The lowest BCUT2D eigenvalue weighted by molar-refractivity contribution is 0.307. The zero-order valence-electron chi connectivity index (χ0n) is 15.6. The Hall–Kier alpha value is -1.71. The fourth-order valence-corrected chi connectivity index (χ4v) is 3.74. The van der Waals surface area contributed by atoms with Crippen molar-refractivity contribution in [2.24, 2.45) is 0 Å². The number of halogens is 2. The number of hydrazine groups is 1. The Bertz CT molecular complexity index is 922. The number of hydrogen-bond acceptors (Lipinski definition) is 7. The lowest BCUT2D eigenvalue weighted by Crippen LogP contribution is -2.51. The van der Waals surface area contributed by atoms with Crippen LogP contribution in [-0.4, -0.2) is 51.2 Å². The van der Waals surface area contributed by atoms with Gasteiger partial charge in [-0.2, -0.15) is 0 Å². The molecular formula is C18H23Cl2N7S. The Kier molecular flexibility index (Phi) is 6.26. The molecule has 150 valence electrons. The molecule has 2 atom stereocenters. The topological polar surface area (TPSA) is 77.1 Å². The third-order valence-corrected chi connectivity index (χ3v) is 5.39. The summed E-state index contributed by atoms with van der Waals surface area (Å²) >= 11 is 11.9. The summed E-state index contributed by atoms with van der Waals surface area (Å²) in [5.41, 5.74) is 6.47. The number of benzene rings is 1. The first kappa shape index (κ1) is 21.0. The van der Waals surface area contributed by atoms with Crippen LogP contribution in [0.3, 0.4) is 0 Å². The number of piperazine rings is 1. The zero-order valence-corrected chi connectivity index (χ0v) is 18.0. The van der Waals surface area contributed by atoms with Gasteiger partial charge in [0.05, 0.1) is 5.52 Å². The van der Waals surface area contributed by atoms with E-state index < -0.39 is 5.66 Å². The van der Waals surface area contributed by atoms with E-state index in [9.17, 15) is 0 Å². The molecule has 1 aromatic carbocycles. The summed E-state index contributed by atoms with van der Waals surface area (Å²) in [4.78, 5) is 12.3. The third kappa shape index (κ3) is 4.31. The van der Waals surface area contributed by atoms with Crippen LogP contribution in [0.5, 0.6) is 0 Å². The van der Waals surface area contributed by atoms with Crippen molar-refractivity contribution in [2.75, 3.05) is 25.0 Å². The van der Waals surface area contributed by atoms with Crippen molar-refractivity contribution in [2.45, 2.75) is 25.6 Å². The molecule has 4 rings (SSSR count). The molecule has 0 radical (unpaired) electrons. The van der Waals surface area contributed by atoms with E-state index in [2.05, 4.69) is 33.3 Å². The summed E-state index contributed by atoms with van der Waals surface area (Å²) in [5, 5.41) is 8.35. The molecule has 2 aromatic rings. The van der Waals surface area contributed by atoms with Crippen molar-refractivity contribution < 1.29 is 0 Å². The van der Waals surface area contributed by atoms with E-state index in [1.54, 1.807) is 0 Å². The van der Waals surface area contributed by atoms with Crippen LogP contribution in [-0.2, 0) is 0 Å². The minimum absolute atomic E-state index is 0. The molecule has 0 aliphatic carbocycles. The van der Waals surface area contributed by atoms with Gasteiger partial charge in [-0.15, -0.1) is 12.4 Å². The maximum atomic E-state index is 6.22. The number of nitrogens with one attached hydrogen (secondary N) is 4. The molecule has 0 saturated carbocycles. The second kappa shape index (κ2) is 8.34. The van der Waals surface area contributed by atoms with E-state index in [1.807, 2.05) is 37.4 Å². The molecule has 0 spiro atoms. The van der Waals surface area contributed by atoms with Gasteiger partial charge in [0.15, 0.2) is 5.82 Å². The molecule has 1 saturated heterocycles. The van der Waals surface area contributed by atoms with Crippen molar-refractivity contribution >= 4 is 57.9 Å². The van der Waals surface area contributed by atoms with Gasteiger partial charge in [0, 0.05) is 42.3 Å². The van der Waals surface area contributed by atoms with Crippen LogP contribution in [0.15, 0.2) is 30.5 Å². The number of hydrogen-bond donors (Lipinski definition) is 4. The monoisotopic (exact) mass is 439 g/mol. The number of thiocarbonyl (C=S) groups is 1. The smallest absolute Gasteiger partial charge is 0.189 e. The maximum Gasteiger partial charge on any atom is 0.189 e. The fraction of sp³-hybridized carbons (Fsp3) is 0.389. The summed E-state index contributed by atoms with van der Waals surface area (Å²) in [6.07, 6.45) is 3.83. The van der Waals surface area contributed by atoms with Crippen molar-refractivity contribution in [1.82, 2.24) is 31.0 Å². The van der Waals surface area contributed by atoms with Gasteiger partial charge in [-0.25, -0.2) is 15.4 Å². The first-order chi connectivity index (χ1) is 12.9. The highest BCUT2D eigenvalue weighted by atomic mass is 35.5. The maximum absolute atomic E-state index is 6.22. The van der Waals surface area contributed by atoms with Crippen molar-refractivity contribution in [1.29, 1.82) is 0 Å². The second-order valence-electron chi connectivity index (χ2n) is 7.09. The summed E-state index contributed by atoms with van der Waals surface area (Å²) in [6, 6.07) is 5.98. The van der Waals surface area contributed by atoms with Gasteiger partial charge in [-0.3, -0.25) is 0 Å². The highest BCUT2D eigenvalue weighted by Gasteiger charge is 2.26. The number of aromatic nitrogens is 2. The van der Waals surface area contributed by atoms with Gasteiger partial charge in [0.25, 0.3) is 0 Å². The molecule has 10 heteroatoms. The van der Waals surface area contributed by atoms with E-state index in [0.717, 1.165) is 30.5 Å². The fourth-order valence-electron chi connectivity index (χ4n) is 3.31. The predicted molar refractivity (Wildman–Crippen MR) is 120 cm³/mol. The standard InChI is InChI=1S/C18H22ClN7S.ClH/c1-11-10-26(8-7-20-11)17(27)16-22-14-4-3-12(19)9-13(14)15(23-16)24-18(2)5-6-21-25-18;/h3-6,9,11,20-21,25H,7-8,10H2,1-2H3,(H,22,23,24);1H. The highest BCUT2D eigenvalue weighted by molar-refractivity contribution is 7.80. The molecule has 4 N–H and O–H groups in total. The highest BCUT2D eigenvalue weighted by Crippen LogP contribution is 2.27. The van der Waals surface area contributed by atoms with Gasteiger partial charge < -0.3 is 21.0 Å². The van der Waals surface area contributed by atoms with Crippen LogP contribution >= 0.6 is 36.2 Å². The molecule has 0 bridgehead atoms. The lowest BCUT2D eigenvalue weighted by Gasteiger charge is -2.33. The minimum Gasteiger partial charge on any atom is -0.357 e. The van der Waals surface area contributed by atoms with Crippen LogP contribution in [0.4, 0.5) is 5.82 Å². The lowest BCUT2D eigenvalue weighted by atomic mass is 10.1. The van der Waals surface area contributed by atoms with Crippen LogP contribution in [0.2, 0.25) is 5.02 Å². The van der Waals surface area contributed by atoms with Crippen molar-refractivity contribution in [3.8, 4) is 0 Å². The van der Waals surface area contributed by atoms with Crippen LogP contribution in [0.25, 0.3) is 10.9 Å². The molecule has 3 heterocycles. The summed E-state index contributed by atoms with van der Waals surface area (Å²) in [7, 11) is 0. The molecule has 2 aliphatic rings. The Labute approximate surface area is 180 Å². The van der Waals surface area contributed by atoms with Gasteiger partial charge in [-0.05, 0) is 38.1 Å². The number of nitrogens with zero attached hydrogens (tertiary/aromatic N) is 3. The summed E-state index contributed by atoms with van der Waals surface area (Å²) in [5.74, 6) is 1.24. The molecule has 2 unspecified atom stereocenters. The molecule has 1 aromatic heterocycles. The number of rotatable bonds is 3. The summed E-state index contributed by atoms with van der Waals surface area (Å²) in [6.45, 7) is 6.75. The predicted octanol–water partition coefficient (Wildman–Crippen LogP) is 2.42. The first-order valence-corrected chi connectivity index (χ1v) is 9.71. The molecule has 2 aliphatic heterocycles. The van der Waals surface area contributed by atoms with E-state index in [1.165, 1.54) is 0 Å². The normalized spacial score (nSPS) is 24.0. The third-order valence-electron chi connectivity index (χ3n) is 4.71.